The molecule has 0 radical (unpaired) electrons. The number of halogens is 2. The highest BCUT2D eigenvalue weighted by atomic mass is 35.5. The normalized spacial score (nSPS) is 18.5. The Kier molecular flexibility index (Phi) is 19.1. The summed E-state index contributed by atoms with van der Waals surface area (Å²) in [5.41, 5.74) is 1.48. The second kappa shape index (κ2) is 25.4. The summed E-state index contributed by atoms with van der Waals surface area (Å²) in [5.74, 6) is -0.708. The number of carbonyl (C=O) groups is 6. The van der Waals surface area contributed by atoms with Gasteiger partial charge in [-0.3, -0.25) is 24.0 Å². The van der Waals surface area contributed by atoms with Gasteiger partial charge >= 0.3 is 6.09 Å². The van der Waals surface area contributed by atoms with E-state index >= 15 is 0 Å². The number of rotatable bonds is 19. The van der Waals surface area contributed by atoms with E-state index in [4.69, 9.17) is 26.1 Å². The van der Waals surface area contributed by atoms with E-state index < -0.39 is 46.7 Å². The molecule has 4 fully saturated rings. The van der Waals surface area contributed by atoms with E-state index in [-0.39, 0.29) is 61.5 Å². The second-order valence-corrected chi connectivity index (χ2v) is 26.2. The molecule has 18 nitrogen and oxygen atoms in total. The van der Waals surface area contributed by atoms with Gasteiger partial charge in [-0.25, -0.2) is 24.1 Å². The molecular formula is C58H76ClFN10O8S2. The van der Waals surface area contributed by atoms with Crippen molar-refractivity contribution in [3.63, 3.8) is 0 Å². The van der Waals surface area contributed by atoms with Gasteiger partial charge in [0.1, 0.15) is 34.3 Å². The summed E-state index contributed by atoms with van der Waals surface area (Å²) in [7, 11) is 0. The van der Waals surface area contributed by atoms with Crippen molar-refractivity contribution in [3.8, 4) is 16.2 Å². The number of hydrogen-bond acceptors (Lipinski definition) is 14. The van der Waals surface area contributed by atoms with Crippen LogP contribution in [-0.2, 0) is 35.3 Å². The van der Waals surface area contributed by atoms with Crippen LogP contribution in [0, 0.1) is 23.7 Å². The SMILES string of the molecule is Cc1ncsc1-c1ccc(CNC(=O)C2CCCN2C(=O)C(NC(=O)C2(F)CC2)C(C)(C)C)c(OCCCC(=O)N2CCC(C(=O)Nc3cccc(Sc4cnc(N5CCC(C)(CNC(=O)OC(C)(C)C)CC5)cn4)c3Cl)CC2)c1. The monoisotopic (exact) mass is 1160 g/mol. The minimum Gasteiger partial charge on any atom is -0.493 e. The van der Waals surface area contributed by atoms with E-state index in [2.05, 4.69) is 43.1 Å². The highest BCUT2D eigenvalue weighted by molar-refractivity contribution is 7.99. The Morgan fingerprint density at radius 2 is 1.64 bits per heavy atom. The lowest BCUT2D eigenvalue weighted by atomic mass is 9.80. The molecule has 4 aromatic rings. The van der Waals surface area contributed by atoms with Crippen molar-refractivity contribution in [2.75, 3.05) is 56.1 Å². The largest absolute Gasteiger partial charge is 0.493 e. The number of nitrogens with one attached hydrogen (secondary N) is 4. The van der Waals surface area contributed by atoms with E-state index in [1.165, 1.54) is 28.0 Å². The third-order valence-electron chi connectivity index (χ3n) is 15.3. The number of ether oxygens (including phenoxy) is 2. The first kappa shape index (κ1) is 60.0. The predicted molar refractivity (Wildman–Crippen MR) is 307 cm³/mol. The molecule has 6 amide bonds. The maximum atomic E-state index is 14.7. The summed E-state index contributed by atoms with van der Waals surface area (Å²) in [6.07, 6.45) is 7.80. The van der Waals surface area contributed by atoms with Gasteiger partial charge in [0.15, 0.2) is 5.67 Å². The molecule has 4 aliphatic rings. The molecule has 5 heterocycles. The number of aryl methyl sites for hydroxylation is 1. The second-order valence-electron chi connectivity index (χ2n) is 23.9. The van der Waals surface area contributed by atoms with E-state index in [0.29, 0.717) is 85.3 Å². The van der Waals surface area contributed by atoms with E-state index in [0.717, 1.165) is 52.8 Å². The molecule has 3 aliphatic heterocycles. The van der Waals surface area contributed by atoms with Gasteiger partial charge in [-0.2, -0.15) is 0 Å². The lowest BCUT2D eigenvalue weighted by molar-refractivity contribution is -0.144. The number of likely N-dealkylation sites (tertiary alicyclic amines) is 2. The van der Waals surface area contributed by atoms with Crippen LogP contribution in [0.15, 0.2) is 64.2 Å². The van der Waals surface area contributed by atoms with Crippen LogP contribution in [0.2, 0.25) is 5.02 Å². The smallest absolute Gasteiger partial charge is 0.407 e. The number of thiazole rings is 1. The third-order valence-corrected chi connectivity index (χ3v) is 17.7. The van der Waals surface area contributed by atoms with Crippen LogP contribution in [0.1, 0.15) is 124 Å². The van der Waals surface area contributed by atoms with Crippen molar-refractivity contribution in [3.05, 3.63) is 70.6 Å². The number of anilines is 2. The third kappa shape index (κ3) is 15.5. The Balaban J connectivity index is 0.785. The predicted octanol–water partition coefficient (Wildman–Crippen LogP) is 9.52. The maximum Gasteiger partial charge on any atom is 0.407 e. The lowest BCUT2D eigenvalue weighted by Crippen LogP contribution is -2.58. The molecule has 0 spiro atoms. The number of hydrogen-bond donors (Lipinski definition) is 4. The zero-order chi connectivity index (χ0) is 57.6. The van der Waals surface area contributed by atoms with Gasteiger partial charge in [0.25, 0.3) is 5.91 Å². The molecule has 432 valence electrons. The standard InChI is InChI=1S/C58H76ClFN10O8S2/c1-36-48(79-35-65-36)38-16-17-39(31-63-51(73)41-13-10-24-70(41)52(74)49(55(2,3)4)67-53(75)58(60)20-21-58)42(30-38)77-29-11-15-46(71)69-25-18-37(19-26-69)50(72)66-40-12-9-14-43(47(40)59)80-45-33-61-44(32-62-45)68-27-22-57(8,23-28-68)34-64-54(76)78-56(5,6)7/h9,12,14,16-17,30,32-33,35,37,41,49H,10-11,13,15,18-29,31,34H2,1-8H3,(H,63,73)(H,64,76)(H,66,72)(H,67,75). The highest BCUT2D eigenvalue weighted by Gasteiger charge is 2.53. The zero-order valence-electron chi connectivity index (χ0n) is 47.2. The van der Waals surface area contributed by atoms with Crippen molar-refractivity contribution in [1.29, 1.82) is 0 Å². The van der Waals surface area contributed by atoms with Gasteiger partial charge in [-0.15, -0.1) is 11.3 Å². The summed E-state index contributed by atoms with van der Waals surface area (Å²) in [6.45, 7) is 18.7. The molecular weight excluding hydrogens is 1080 g/mol. The molecule has 22 heteroatoms. The zero-order valence-corrected chi connectivity index (χ0v) is 49.6. The average molecular weight is 1160 g/mol. The Morgan fingerprint density at radius 1 is 0.900 bits per heavy atom. The van der Waals surface area contributed by atoms with Crippen LogP contribution in [-0.4, -0.2) is 130 Å². The Labute approximate surface area is 481 Å². The number of alkyl carbamates (subject to hydrolysis) is 1. The summed E-state index contributed by atoms with van der Waals surface area (Å²) >= 11 is 9.75. The van der Waals surface area contributed by atoms with Crippen molar-refractivity contribution >= 4 is 81.8 Å². The minimum absolute atomic E-state index is 0.0258. The molecule has 1 aliphatic carbocycles. The summed E-state index contributed by atoms with van der Waals surface area (Å²) in [6, 6.07) is 9.47. The molecule has 3 saturated heterocycles. The number of alkyl halides is 1. The van der Waals surface area contributed by atoms with Crippen LogP contribution < -0.4 is 30.9 Å². The van der Waals surface area contributed by atoms with Gasteiger partial charge in [-0.1, -0.05) is 69.3 Å². The fraction of sp³-hybridized carbons (Fsp3) is 0.569. The fourth-order valence-corrected chi connectivity index (χ4v) is 12.0. The molecule has 1 saturated carbocycles. The van der Waals surface area contributed by atoms with Gasteiger partial charge in [0.05, 0.1) is 45.8 Å². The van der Waals surface area contributed by atoms with Crippen LogP contribution in [0.5, 0.6) is 5.75 Å². The van der Waals surface area contributed by atoms with Crippen LogP contribution in [0.3, 0.4) is 0 Å². The fourth-order valence-electron chi connectivity index (χ4n) is 10.1. The molecule has 0 bridgehead atoms. The van der Waals surface area contributed by atoms with Gasteiger partial charge in [-0.05, 0) is 120 Å². The summed E-state index contributed by atoms with van der Waals surface area (Å²) in [4.78, 5) is 101. The van der Waals surface area contributed by atoms with E-state index in [1.54, 1.807) is 49.6 Å². The first-order valence-electron chi connectivity index (χ1n) is 27.7. The van der Waals surface area contributed by atoms with Crippen molar-refractivity contribution in [2.45, 2.75) is 159 Å². The molecule has 2 unspecified atom stereocenters. The summed E-state index contributed by atoms with van der Waals surface area (Å²) in [5, 5.41) is 12.7. The number of aromatic nitrogens is 3. The molecule has 8 rings (SSSR count). The Morgan fingerprint density at radius 3 is 2.29 bits per heavy atom. The molecule has 2 aromatic carbocycles. The van der Waals surface area contributed by atoms with Crippen LogP contribution in [0.25, 0.3) is 10.4 Å². The Bertz CT molecular complexity index is 2890. The Hall–Kier alpha value is -6.06. The van der Waals surface area contributed by atoms with Crippen LogP contribution in [0.4, 0.5) is 20.7 Å². The average Bonchev–Trinajstić information content (AvgIpc) is 3.74. The van der Waals surface area contributed by atoms with Crippen molar-refractivity contribution in [1.82, 2.24) is 40.7 Å². The van der Waals surface area contributed by atoms with Gasteiger partial charge in [0, 0.05) is 68.6 Å². The highest BCUT2D eigenvalue weighted by Crippen LogP contribution is 2.41. The lowest BCUT2D eigenvalue weighted by Gasteiger charge is -2.40. The van der Waals surface area contributed by atoms with Crippen molar-refractivity contribution in [2.24, 2.45) is 16.7 Å². The molecule has 2 atom stereocenters. The maximum absolute atomic E-state index is 14.7. The number of amides is 6. The van der Waals surface area contributed by atoms with Crippen LogP contribution >= 0.6 is 34.7 Å². The summed E-state index contributed by atoms with van der Waals surface area (Å²) < 4.78 is 26.4. The molecule has 2 aromatic heterocycles. The first-order chi connectivity index (χ1) is 37.9. The number of benzene rings is 2. The minimum atomic E-state index is -1.94. The quantitative estimate of drug-likeness (QED) is 0.0644. The topological polar surface area (TPSA) is 217 Å². The van der Waals surface area contributed by atoms with Gasteiger partial charge < -0.3 is 45.4 Å². The van der Waals surface area contributed by atoms with E-state index in [1.807, 2.05) is 58.0 Å². The molecule has 4 N–H and O–H groups in total. The van der Waals surface area contributed by atoms with E-state index in [9.17, 15) is 33.2 Å². The number of carbonyl (C=O) groups excluding carboxylic acids is 6. The number of piperidine rings is 2. The molecule has 80 heavy (non-hydrogen) atoms. The van der Waals surface area contributed by atoms with Crippen molar-refractivity contribution < 1.29 is 42.6 Å². The first-order valence-corrected chi connectivity index (χ1v) is 29.8. The van der Waals surface area contributed by atoms with Gasteiger partial charge in [0.2, 0.25) is 23.6 Å². The number of nitrogens with zero attached hydrogens (tertiary/aromatic N) is 6.